The van der Waals surface area contributed by atoms with Crippen LogP contribution in [0.1, 0.15) is 58.3 Å². The second kappa shape index (κ2) is 12.5. The van der Waals surface area contributed by atoms with Crippen molar-refractivity contribution in [1.29, 1.82) is 0 Å². The molecular weight excluding hydrogens is 308 g/mol. The Kier molecular flexibility index (Phi) is 10.5. The lowest BCUT2D eigenvalue weighted by atomic mass is 10.1. The average Bonchev–Trinajstić information content (AvgIpc) is 3.07. The van der Waals surface area contributed by atoms with Gasteiger partial charge in [-0.15, -0.1) is 0 Å². The van der Waals surface area contributed by atoms with E-state index in [0.29, 0.717) is 25.3 Å². The Morgan fingerprint density at radius 2 is 2.00 bits per heavy atom. The third-order valence-electron chi connectivity index (χ3n) is 3.77. The van der Waals surface area contributed by atoms with Crippen molar-refractivity contribution in [3.05, 3.63) is 12.3 Å². The van der Waals surface area contributed by atoms with Gasteiger partial charge < -0.3 is 20.5 Å². The fourth-order valence-electron chi connectivity index (χ4n) is 2.41. The Hall–Kier alpha value is -1.89. The second-order valence-electron chi connectivity index (χ2n) is 5.91. The summed E-state index contributed by atoms with van der Waals surface area (Å²) in [6.45, 7) is 3.46. The Morgan fingerprint density at radius 1 is 1.21 bits per heavy atom. The molecule has 2 amide bonds. The van der Waals surface area contributed by atoms with Crippen LogP contribution in [-0.4, -0.2) is 41.5 Å². The number of nitrogens with two attached hydrogens (primary N) is 1. The molecule has 136 valence electrons. The van der Waals surface area contributed by atoms with Crippen LogP contribution in [-0.2, 0) is 9.59 Å². The third kappa shape index (κ3) is 8.67. The first kappa shape index (κ1) is 20.2. The molecule has 1 rings (SSSR count). The van der Waals surface area contributed by atoms with Gasteiger partial charge in [0.2, 0.25) is 11.8 Å². The van der Waals surface area contributed by atoms with Crippen molar-refractivity contribution in [2.24, 2.45) is 5.73 Å². The van der Waals surface area contributed by atoms with Crippen LogP contribution in [0.5, 0.6) is 0 Å². The molecular formula is C17H30N4O3. The summed E-state index contributed by atoms with van der Waals surface area (Å²) in [5.41, 5.74) is 5.47. The summed E-state index contributed by atoms with van der Waals surface area (Å²) in [6.07, 6.45) is 8.80. The van der Waals surface area contributed by atoms with Crippen LogP contribution < -0.4 is 11.1 Å². The topological polar surface area (TPSA) is 101 Å². The molecule has 7 heteroatoms. The Balaban J connectivity index is 2.45. The first-order valence-electron chi connectivity index (χ1n) is 8.85. The van der Waals surface area contributed by atoms with E-state index in [9.17, 15) is 9.59 Å². The number of hydrogen-bond acceptors (Lipinski definition) is 5. The maximum absolute atomic E-state index is 12.4. The van der Waals surface area contributed by atoms with E-state index in [4.69, 9.17) is 5.73 Å². The molecule has 0 aliphatic heterocycles. The highest BCUT2D eigenvalue weighted by molar-refractivity contribution is 5.93. The van der Waals surface area contributed by atoms with Gasteiger partial charge in [0.05, 0.1) is 6.54 Å². The zero-order valence-electron chi connectivity index (χ0n) is 14.6. The summed E-state index contributed by atoms with van der Waals surface area (Å²) in [5, 5.41) is 6.27. The van der Waals surface area contributed by atoms with E-state index >= 15 is 0 Å². The molecule has 0 fully saturated rings. The number of nitrogens with one attached hydrogen (secondary N) is 1. The summed E-state index contributed by atoms with van der Waals surface area (Å²) in [6, 6.07) is 1.57. The van der Waals surface area contributed by atoms with Gasteiger partial charge in [0.25, 0.3) is 0 Å². The summed E-state index contributed by atoms with van der Waals surface area (Å²) in [4.78, 5) is 26.1. The quantitative estimate of drug-likeness (QED) is 0.538. The maximum Gasteiger partial charge on any atom is 0.245 e. The van der Waals surface area contributed by atoms with Gasteiger partial charge in [-0.3, -0.25) is 9.59 Å². The number of rotatable bonds is 13. The van der Waals surface area contributed by atoms with Gasteiger partial charge in [-0.05, 0) is 25.8 Å². The van der Waals surface area contributed by atoms with Crippen LogP contribution in [0, 0.1) is 0 Å². The number of unbranched alkanes of at least 4 members (excludes halogenated alkanes) is 5. The Bertz CT molecular complexity index is 462. The number of nitrogens with zero attached hydrogens (tertiary/aromatic N) is 2. The first-order valence-corrected chi connectivity index (χ1v) is 8.85. The fourth-order valence-corrected chi connectivity index (χ4v) is 2.41. The molecule has 1 aromatic rings. The molecule has 3 N–H and O–H groups in total. The number of carbonyl (C=O) groups excluding carboxylic acids is 2. The highest BCUT2D eigenvalue weighted by Gasteiger charge is 2.17. The normalized spacial score (nSPS) is 10.6. The van der Waals surface area contributed by atoms with Gasteiger partial charge in [-0.25, -0.2) is 0 Å². The van der Waals surface area contributed by atoms with E-state index in [0.717, 1.165) is 44.9 Å². The molecule has 0 aliphatic rings. The summed E-state index contributed by atoms with van der Waals surface area (Å²) in [7, 11) is 0. The van der Waals surface area contributed by atoms with Gasteiger partial charge in [-0.2, -0.15) is 0 Å². The monoisotopic (exact) mass is 338 g/mol. The van der Waals surface area contributed by atoms with E-state index in [1.165, 1.54) is 6.26 Å². The number of carbonyl (C=O) groups is 2. The van der Waals surface area contributed by atoms with Crippen LogP contribution in [0.3, 0.4) is 0 Å². The van der Waals surface area contributed by atoms with E-state index < -0.39 is 0 Å². The van der Waals surface area contributed by atoms with Crippen LogP contribution in [0.4, 0.5) is 5.82 Å². The average molecular weight is 338 g/mol. The molecule has 0 bridgehead atoms. The molecule has 0 spiro atoms. The summed E-state index contributed by atoms with van der Waals surface area (Å²) >= 11 is 0. The van der Waals surface area contributed by atoms with Crippen molar-refractivity contribution in [2.45, 2.75) is 58.3 Å². The SMILES string of the molecule is CCCCCCN(CC(=O)Nc1ccon1)C(=O)CCCCCN. The van der Waals surface area contributed by atoms with Gasteiger partial charge in [0.15, 0.2) is 5.82 Å². The molecule has 0 radical (unpaired) electrons. The molecule has 7 nitrogen and oxygen atoms in total. The lowest BCUT2D eigenvalue weighted by Gasteiger charge is -2.22. The maximum atomic E-state index is 12.4. The molecule has 1 aromatic heterocycles. The van der Waals surface area contributed by atoms with E-state index in [-0.39, 0.29) is 18.4 Å². The van der Waals surface area contributed by atoms with Gasteiger partial charge >= 0.3 is 0 Å². The second-order valence-corrected chi connectivity index (χ2v) is 5.91. The molecule has 0 atom stereocenters. The van der Waals surface area contributed by atoms with Gasteiger partial charge in [-0.1, -0.05) is 37.8 Å². The zero-order chi connectivity index (χ0) is 17.6. The molecule has 0 saturated heterocycles. The summed E-state index contributed by atoms with van der Waals surface area (Å²) < 4.78 is 4.68. The minimum Gasteiger partial charge on any atom is -0.363 e. The summed E-state index contributed by atoms with van der Waals surface area (Å²) in [5.74, 6) is 0.134. The molecule has 0 unspecified atom stereocenters. The van der Waals surface area contributed by atoms with Crippen molar-refractivity contribution in [3.8, 4) is 0 Å². The zero-order valence-corrected chi connectivity index (χ0v) is 14.6. The van der Waals surface area contributed by atoms with Crippen LogP contribution >= 0.6 is 0 Å². The standard InChI is InChI=1S/C17H30N4O3/c1-2-3-4-8-12-21(17(23)9-6-5-7-11-18)14-16(22)19-15-10-13-24-20-15/h10,13H,2-9,11-12,14,18H2,1H3,(H,19,20,22). The van der Waals surface area contributed by atoms with Crippen molar-refractivity contribution < 1.29 is 14.1 Å². The fraction of sp³-hybridized carbons (Fsp3) is 0.706. The lowest BCUT2D eigenvalue weighted by Crippen LogP contribution is -2.38. The molecule has 0 aromatic carbocycles. The molecule has 1 heterocycles. The number of amides is 2. The third-order valence-corrected chi connectivity index (χ3v) is 3.77. The van der Waals surface area contributed by atoms with E-state index in [1.807, 2.05) is 0 Å². The number of anilines is 1. The van der Waals surface area contributed by atoms with E-state index in [2.05, 4.69) is 21.9 Å². The van der Waals surface area contributed by atoms with Crippen LogP contribution in [0.15, 0.2) is 16.9 Å². The van der Waals surface area contributed by atoms with Crippen LogP contribution in [0.25, 0.3) is 0 Å². The van der Waals surface area contributed by atoms with Gasteiger partial charge in [0, 0.05) is 19.0 Å². The Morgan fingerprint density at radius 3 is 2.67 bits per heavy atom. The highest BCUT2D eigenvalue weighted by Crippen LogP contribution is 2.08. The number of aromatic nitrogens is 1. The molecule has 24 heavy (non-hydrogen) atoms. The Labute approximate surface area is 143 Å². The van der Waals surface area contributed by atoms with E-state index in [1.54, 1.807) is 11.0 Å². The largest absolute Gasteiger partial charge is 0.363 e. The minimum atomic E-state index is -0.255. The number of hydrogen-bond donors (Lipinski definition) is 2. The highest BCUT2D eigenvalue weighted by atomic mass is 16.5. The van der Waals surface area contributed by atoms with Crippen molar-refractivity contribution >= 4 is 17.6 Å². The smallest absolute Gasteiger partial charge is 0.245 e. The lowest BCUT2D eigenvalue weighted by molar-refractivity contribution is -0.134. The predicted octanol–water partition coefficient (Wildman–Crippen LogP) is 2.54. The predicted molar refractivity (Wildman–Crippen MR) is 93.4 cm³/mol. The molecule has 0 aliphatic carbocycles. The van der Waals surface area contributed by atoms with Crippen molar-refractivity contribution in [3.63, 3.8) is 0 Å². The van der Waals surface area contributed by atoms with Crippen LogP contribution in [0.2, 0.25) is 0 Å². The molecule has 0 saturated carbocycles. The first-order chi connectivity index (χ1) is 11.7. The van der Waals surface area contributed by atoms with Crippen molar-refractivity contribution in [1.82, 2.24) is 10.1 Å². The van der Waals surface area contributed by atoms with Gasteiger partial charge in [0.1, 0.15) is 6.26 Å². The van der Waals surface area contributed by atoms with Crippen molar-refractivity contribution in [2.75, 3.05) is 25.0 Å². The minimum absolute atomic E-state index is 0.0267.